The summed E-state index contributed by atoms with van der Waals surface area (Å²) in [5, 5.41) is 11.2. The molecule has 112 valence electrons. The molecule has 1 aliphatic heterocycles. The van der Waals surface area contributed by atoms with Crippen LogP contribution >= 0.6 is 11.8 Å². The van der Waals surface area contributed by atoms with Gasteiger partial charge in [-0.2, -0.15) is 0 Å². The van der Waals surface area contributed by atoms with Crippen molar-refractivity contribution in [1.29, 1.82) is 0 Å². The Morgan fingerprint density at radius 3 is 2.86 bits per heavy atom. The van der Waals surface area contributed by atoms with Gasteiger partial charge in [-0.05, 0) is 18.9 Å². The van der Waals surface area contributed by atoms with Gasteiger partial charge in [0.1, 0.15) is 5.69 Å². The van der Waals surface area contributed by atoms with E-state index in [0.717, 1.165) is 0 Å². The molecule has 6 nitrogen and oxygen atoms in total. The number of amides is 1. The first-order valence-corrected chi connectivity index (χ1v) is 7.56. The lowest BCUT2D eigenvalue weighted by Crippen LogP contribution is -2.25. The van der Waals surface area contributed by atoms with Crippen LogP contribution in [0.25, 0.3) is 0 Å². The zero-order valence-electron chi connectivity index (χ0n) is 11.9. The SMILES string of the molecule is CC(=O)SCC1CC(=O)N(c2cccc(C)c2[N+](=O)[O-])C1. The predicted molar refractivity (Wildman–Crippen MR) is 81.4 cm³/mol. The monoisotopic (exact) mass is 308 g/mol. The van der Waals surface area contributed by atoms with Gasteiger partial charge in [-0.1, -0.05) is 23.9 Å². The molecule has 0 radical (unpaired) electrons. The summed E-state index contributed by atoms with van der Waals surface area (Å²) >= 11 is 1.19. The van der Waals surface area contributed by atoms with Gasteiger partial charge in [-0.15, -0.1) is 0 Å². The molecule has 1 atom stereocenters. The Morgan fingerprint density at radius 2 is 2.24 bits per heavy atom. The number of nitrogens with zero attached hydrogens (tertiary/aromatic N) is 2. The second kappa shape index (κ2) is 6.26. The average Bonchev–Trinajstić information content (AvgIpc) is 2.76. The van der Waals surface area contributed by atoms with Crippen LogP contribution in [0.3, 0.4) is 0 Å². The van der Waals surface area contributed by atoms with E-state index in [0.29, 0.717) is 30.0 Å². The van der Waals surface area contributed by atoms with Crippen LogP contribution in [0.5, 0.6) is 0 Å². The number of nitro benzene ring substituents is 1. The van der Waals surface area contributed by atoms with Crippen LogP contribution in [-0.4, -0.2) is 28.2 Å². The van der Waals surface area contributed by atoms with E-state index in [-0.39, 0.29) is 22.6 Å². The zero-order chi connectivity index (χ0) is 15.6. The number of rotatable bonds is 4. The normalized spacial score (nSPS) is 18.1. The Labute approximate surface area is 126 Å². The number of aryl methyl sites for hydroxylation is 1. The molecule has 2 rings (SSSR count). The van der Waals surface area contributed by atoms with Crippen molar-refractivity contribution in [2.24, 2.45) is 5.92 Å². The maximum Gasteiger partial charge on any atom is 0.295 e. The highest BCUT2D eigenvalue weighted by Crippen LogP contribution is 2.35. The molecule has 0 bridgehead atoms. The van der Waals surface area contributed by atoms with E-state index >= 15 is 0 Å². The summed E-state index contributed by atoms with van der Waals surface area (Å²) in [5.41, 5.74) is 0.859. The summed E-state index contributed by atoms with van der Waals surface area (Å²) < 4.78 is 0. The zero-order valence-corrected chi connectivity index (χ0v) is 12.7. The Balaban J connectivity index is 2.23. The smallest absolute Gasteiger partial charge is 0.295 e. The largest absolute Gasteiger partial charge is 0.306 e. The van der Waals surface area contributed by atoms with Gasteiger partial charge in [-0.25, -0.2) is 0 Å². The number of carbonyl (C=O) groups is 2. The predicted octanol–water partition coefficient (Wildman–Crippen LogP) is 2.54. The maximum absolute atomic E-state index is 12.1. The molecule has 7 heteroatoms. The summed E-state index contributed by atoms with van der Waals surface area (Å²) in [4.78, 5) is 35.4. The van der Waals surface area contributed by atoms with Crippen molar-refractivity contribution in [1.82, 2.24) is 0 Å². The van der Waals surface area contributed by atoms with Gasteiger partial charge in [-0.3, -0.25) is 19.7 Å². The molecule has 21 heavy (non-hydrogen) atoms. The summed E-state index contributed by atoms with van der Waals surface area (Å²) in [6.45, 7) is 3.57. The minimum atomic E-state index is -0.449. The van der Waals surface area contributed by atoms with Crippen molar-refractivity contribution >= 4 is 34.2 Å². The molecule has 1 fully saturated rings. The lowest BCUT2D eigenvalue weighted by molar-refractivity contribution is -0.384. The average molecular weight is 308 g/mol. The van der Waals surface area contributed by atoms with Crippen molar-refractivity contribution in [3.63, 3.8) is 0 Å². The number of nitro groups is 1. The first-order chi connectivity index (χ1) is 9.90. The van der Waals surface area contributed by atoms with Crippen molar-refractivity contribution in [2.75, 3.05) is 17.2 Å². The van der Waals surface area contributed by atoms with Crippen molar-refractivity contribution in [3.8, 4) is 0 Å². The molecule has 1 aromatic carbocycles. The number of para-hydroxylation sites is 1. The number of anilines is 1. The number of hydrogen-bond acceptors (Lipinski definition) is 5. The summed E-state index contributed by atoms with van der Waals surface area (Å²) in [5.74, 6) is 0.487. The highest BCUT2D eigenvalue weighted by molar-refractivity contribution is 8.13. The fourth-order valence-corrected chi connectivity index (χ4v) is 3.15. The molecular formula is C14H16N2O4S. The summed E-state index contributed by atoms with van der Waals surface area (Å²) in [6, 6.07) is 4.97. The third kappa shape index (κ3) is 3.41. The Bertz CT molecular complexity index is 603. The fourth-order valence-electron chi connectivity index (χ4n) is 2.46. The van der Waals surface area contributed by atoms with Gasteiger partial charge in [0.15, 0.2) is 5.12 Å². The molecule has 0 aromatic heterocycles. The molecule has 1 saturated heterocycles. The Kier molecular flexibility index (Phi) is 4.62. The number of benzene rings is 1. The van der Waals surface area contributed by atoms with Crippen LogP contribution in [0.15, 0.2) is 18.2 Å². The third-order valence-electron chi connectivity index (χ3n) is 3.42. The van der Waals surface area contributed by atoms with E-state index < -0.39 is 4.92 Å². The molecule has 1 unspecified atom stereocenters. The van der Waals surface area contributed by atoms with Gasteiger partial charge in [0, 0.05) is 31.2 Å². The highest BCUT2D eigenvalue weighted by atomic mass is 32.2. The van der Waals surface area contributed by atoms with E-state index in [4.69, 9.17) is 0 Å². The van der Waals surface area contributed by atoms with Crippen LogP contribution in [-0.2, 0) is 9.59 Å². The number of hydrogen-bond donors (Lipinski definition) is 0. The lowest BCUT2D eigenvalue weighted by atomic mass is 10.1. The van der Waals surface area contributed by atoms with Crippen LogP contribution < -0.4 is 4.90 Å². The van der Waals surface area contributed by atoms with E-state index in [1.54, 1.807) is 25.1 Å². The highest BCUT2D eigenvalue weighted by Gasteiger charge is 2.34. The molecule has 0 N–H and O–H groups in total. The maximum atomic E-state index is 12.1. The fraction of sp³-hybridized carbons (Fsp3) is 0.429. The second-order valence-corrected chi connectivity index (χ2v) is 6.27. The van der Waals surface area contributed by atoms with Gasteiger partial charge in [0.25, 0.3) is 5.69 Å². The van der Waals surface area contributed by atoms with Gasteiger partial charge in [0.05, 0.1) is 4.92 Å². The molecule has 1 amide bonds. The van der Waals surface area contributed by atoms with Gasteiger partial charge < -0.3 is 4.90 Å². The molecule has 1 aliphatic rings. The molecule has 1 aromatic rings. The van der Waals surface area contributed by atoms with Gasteiger partial charge >= 0.3 is 0 Å². The van der Waals surface area contributed by atoms with Crippen LogP contribution in [0.2, 0.25) is 0 Å². The van der Waals surface area contributed by atoms with E-state index in [1.807, 2.05) is 0 Å². The minimum absolute atomic E-state index is 0.0161. The standard InChI is InChI=1S/C14H16N2O4S/c1-9-4-3-5-12(14(9)16(19)20)15-7-11(6-13(15)18)8-21-10(2)17/h3-5,11H,6-8H2,1-2H3. The molecular weight excluding hydrogens is 292 g/mol. The minimum Gasteiger partial charge on any atom is -0.306 e. The summed E-state index contributed by atoms with van der Waals surface area (Å²) in [7, 11) is 0. The van der Waals surface area contributed by atoms with Crippen LogP contribution in [0, 0.1) is 23.0 Å². The van der Waals surface area contributed by atoms with E-state index in [2.05, 4.69) is 0 Å². The summed E-state index contributed by atoms with van der Waals surface area (Å²) in [6.07, 6.45) is 0.325. The van der Waals surface area contributed by atoms with Crippen molar-refractivity contribution in [2.45, 2.75) is 20.3 Å². The lowest BCUT2D eigenvalue weighted by Gasteiger charge is -2.17. The van der Waals surface area contributed by atoms with Crippen molar-refractivity contribution < 1.29 is 14.5 Å². The first kappa shape index (κ1) is 15.5. The number of carbonyl (C=O) groups excluding carboxylic acids is 2. The van der Waals surface area contributed by atoms with Gasteiger partial charge in [0.2, 0.25) is 5.91 Å². The quantitative estimate of drug-likeness (QED) is 0.630. The van der Waals surface area contributed by atoms with E-state index in [1.165, 1.54) is 23.6 Å². The van der Waals surface area contributed by atoms with Crippen LogP contribution in [0.1, 0.15) is 18.9 Å². The Morgan fingerprint density at radius 1 is 1.52 bits per heavy atom. The molecule has 0 spiro atoms. The molecule has 0 saturated carbocycles. The Hall–Kier alpha value is -1.89. The first-order valence-electron chi connectivity index (χ1n) is 6.58. The van der Waals surface area contributed by atoms with E-state index in [9.17, 15) is 19.7 Å². The molecule has 0 aliphatic carbocycles. The molecule has 1 heterocycles. The van der Waals surface area contributed by atoms with Crippen LogP contribution in [0.4, 0.5) is 11.4 Å². The van der Waals surface area contributed by atoms with Crippen molar-refractivity contribution in [3.05, 3.63) is 33.9 Å². The third-order valence-corrected chi connectivity index (χ3v) is 4.46. The number of thioether (sulfide) groups is 1. The second-order valence-electron chi connectivity index (χ2n) is 5.08. The topological polar surface area (TPSA) is 80.5 Å².